The number of nitrogens with one attached hydrogen (secondary N) is 1. The molecule has 1 fully saturated rings. The van der Waals surface area contributed by atoms with Gasteiger partial charge in [0.2, 0.25) is 6.04 Å². The number of carbonyl (C=O) groups excluding carboxylic acids is 1. The lowest BCUT2D eigenvalue weighted by atomic mass is 9.99. The van der Waals surface area contributed by atoms with Crippen LogP contribution in [0.3, 0.4) is 0 Å². The number of halogens is 2. The van der Waals surface area contributed by atoms with Crippen LogP contribution in [-0.4, -0.2) is 19.1 Å². The third-order valence-corrected chi connectivity index (χ3v) is 4.30. The highest BCUT2D eigenvalue weighted by molar-refractivity contribution is 5.76. The second-order valence-electron chi connectivity index (χ2n) is 5.61. The van der Waals surface area contributed by atoms with Crippen molar-refractivity contribution in [2.24, 2.45) is 0 Å². The molecule has 5 heteroatoms. The monoisotopic (exact) mass is 335 g/mol. The predicted molar refractivity (Wildman–Crippen MR) is 80.8 cm³/mol. The first-order valence-electron chi connectivity index (χ1n) is 7.49. The number of hydrogen-bond donors (Lipinski definition) is 1. The lowest BCUT2D eigenvalue weighted by molar-refractivity contribution is -0.956. The van der Waals surface area contributed by atoms with Gasteiger partial charge in [-0.25, -0.2) is 9.18 Å². The average Bonchev–Trinajstić information content (AvgIpc) is 2.56. The number of morpholine rings is 1. The van der Waals surface area contributed by atoms with Gasteiger partial charge in [-0.05, 0) is 31.2 Å². The Morgan fingerprint density at radius 3 is 2.43 bits per heavy atom. The standard InChI is InChI=1S/C18H18FNO2.ClH/c1-13(14-5-3-2-4-6-14)20-11-12-22-18(21)17(20)15-7-9-16(19)10-8-15;/h2-10,13,17H,11-12H2,1H3;1H/t13-,17-;/m1./s1. The number of esters is 1. The van der Waals surface area contributed by atoms with Crippen LogP contribution in [0.4, 0.5) is 4.39 Å². The zero-order valence-corrected chi connectivity index (χ0v) is 13.6. The Labute approximate surface area is 141 Å². The molecule has 0 radical (unpaired) electrons. The summed E-state index contributed by atoms with van der Waals surface area (Å²) in [6.07, 6.45) is 0. The van der Waals surface area contributed by atoms with E-state index in [1.165, 1.54) is 17.7 Å². The lowest BCUT2D eigenvalue weighted by Crippen LogP contribution is -3.14. The van der Waals surface area contributed by atoms with Gasteiger partial charge in [-0.1, -0.05) is 30.3 Å². The fourth-order valence-corrected chi connectivity index (χ4v) is 3.08. The van der Waals surface area contributed by atoms with Crippen LogP contribution in [0.25, 0.3) is 0 Å². The molecule has 1 unspecified atom stereocenters. The predicted octanol–water partition coefficient (Wildman–Crippen LogP) is -0.926. The van der Waals surface area contributed by atoms with Gasteiger partial charge >= 0.3 is 5.97 Å². The van der Waals surface area contributed by atoms with Crippen molar-refractivity contribution in [2.75, 3.05) is 13.2 Å². The molecule has 2 aromatic rings. The number of quaternary nitrogens is 1. The Morgan fingerprint density at radius 2 is 1.78 bits per heavy atom. The second-order valence-corrected chi connectivity index (χ2v) is 5.61. The largest absolute Gasteiger partial charge is 1.00 e. The van der Waals surface area contributed by atoms with E-state index in [1.54, 1.807) is 12.1 Å². The quantitative estimate of drug-likeness (QED) is 0.735. The van der Waals surface area contributed by atoms with Crippen LogP contribution in [0.5, 0.6) is 0 Å². The molecular weight excluding hydrogens is 317 g/mol. The zero-order chi connectivity index (χ0) is 15.5. The Balaban J connectivity index is 0.00000192. The number of carbonyl (C=O) groups is 1. The second kappa shape index (κ2) is 7.57. The number of rotatable bonds is 3. The Bertz CT molecular complexity index is 648. The van der Waals surface area contributed by atoms with Gasteiger partial charge in [-0.15, -0.1) is 0 Å². The van der Waals surface area contributed by atoms with Crippen molar-refractivity contribution in [1.29, 1.82) is 0 Å². The molecule has 1 aliphatic heterocycles. The van der Waals surface area contributed by atoms with Gasteiger partial charge < -0.3 is 22.0 Å². The maximum atomic E-state index is 13.1. The molecule has 0 aromatic heterocycles. The van der Waals surface area contributed by atoms with Crippen LogP contribution >= 0.6 is 0 Å². The van der Waals surface area contributed by atoms with Crippen molar-refractivity contribution in [3.8, 4) is 0 Å². The Morgan fingerprint density at radius 1 is 1.13 bits per heavy atom. The van der Waals surface area contributed by atoms with Gasteiger partial charge in [0, 0.05) is 11.1 Å². The van der Waals surface area contributed by atoms with Gasteiger partial charge in [0.05, 0.1) is 0 Å². The van der Waals surface area contributed by atoms with E-state index in [2.05, 4.69) is 19.1 Å². The smallest absolute Gasteiger partial charge is 0.370 e. The highest BCUT2D eigenvalue weighted by Gasteiger charge is 2.40. The van der Waals surface area contributed by atoms with Crippen LogP contribution in [0.1, 0.15) is 30.1 Å². The van der Waals surface area contributed by atoms with E-state index in [4.69, 9.17) is 4.74 Å². The fraction of sp³-hybridized carbons (Fsp3) is 0.278. The molecule has 0 aliphatic carbocycles. The first-order valence-corrected chi connectivity index (χ1v) is 7.49. The fourth-order valence-electron chi connectivity index (χ4n) is 3.08. The third-order valence-electron chi connectivity index (χ3n) is 4.30. The van der Waals surface area contributed by atoms with E-state index < -0.39 is 6.04 Å². The van der Waals surface area contributed by atoms with E-state index in [0.29, 0.717) is 6.61 Å². The molecule has 0 amide bonds. The van der Waals surface area contributed by atoms with Gasteiger partial charge in [-0.2, -0.15) is 0 Å². The number of ether oxygens (including phenoxy) is 1. The summed E-state index contributed by atoms with van der Waals surface area (Å²) in [5.74, 6) is -0.541. The van der Waals surface area contributed by atoms with Gasteiger partial charge in [0.25, 0.3) is 0 Å². The zero-order valence-electron chi connectivity index (χ0n) is 12.8. The minimum absolute atomic E-state index is 0. The molecule has 3 atom stereocenters. The SMILES string of the molecule is C[C@H](c1ccccc1)[NH+]1CCOC(=O)[C@H]1c1ccc(F)cc1.[Cl-]. The maximum absolute atomic E-state index is 13.1. The molecule has 23 heavy (non-hydrogen) atoms. The molecule has 1 saturated heterocycles. The summed E-state index contributed by atoms with van der Waals surface area (Å²) in [4.78, 5) is 13.4. The molecule has 1 aliphatic rings. The summed E-state index contributed by atoms with van der Waals surface area (Å²) in [5.41, 5.74) is 1.98. The normalized spacial score (nSPS) is 21.9. The molecule has 0 spiro atoms. The van der Waals surface area contributed by atoms with E-state index >= 15 is 0 Å². The average molecular weight is 336 g/mol. The minimum atomic E-state index is -0.412. The minimum Gasteiger partial charge on any atom is -1.00 e. The molecule has 122 valence electrons. The van der Waals surface area contributed by atoms with Crippen LogP contribution < -0.4 is 17.3 Å². The molecule has 3 nitrogen and oxygen atoms in total. The molecule has 2 aromatic carbocycles. The van der Waals surface area contributed by atoms with Gasteiger partial charge in [0.1, 0.15) is 25.0 Å². The van der Waals surface area contributed by atoms with Crippen LogP contribution in [0, 0.1) is 5.82 Å². The van der Waals surface area contributed by atoms with Crippen molar-refractivity contribution >= 4 is 5.97 Å². The van der Waals surface area contributed by atoms with Crippen molar-refractivity contribution in [2.45, 2.75) is 19.0 Å². The Kier molecular flexibility index (Phi) is 5.74. The summed E-state index contributed by atoms with van der Waals surface area (Å²) in [5, 5.41) is 0. The summed E-state index contributed by atoms with van der Waals surface area (Å²) >= 11 is 0. The molecule has 0 saturated carbocycles. The lowest BCUT2D eigenvalue weighted by Gasteiger charge is -2.35. The van der Waals surface area contributed by atoms with Crippen molar-refractivity contribution < 1.29 is 31.2 Å². The van der Waals surface area contributed by atoms with E-state index in [-0.39, 0.29) is 30.2 Å². The van der Waals surface area contributed by atoms with E-state index in [0.717, 1.165) is 17.0 Å². The van der Waals surface area contributed by atoms with Crippen molar-refractivity contribution in [3.63, 3.8) is 0 Å². The van der Waals surface area contributed by atoms with Crippen molar-refractivity contribution in [1.82, 2.24) is 0 Å². The molecule has 3 rings (SSSR count). The van der Waals surface area contributed by atoms with Crippen LogP contribution in [0.2, 0.25) is 0 Å². The summed E-state index contributed by atoms with van der Waals surface area (Å²) in [6, 6.07) is 16.0. The van der Waals surface area contributed by atoms with E-state index in [9.17, 15) is 9.18 Å². The molecule has 1 heterocycles. The summed E-state index contributed by atoms with van der Waals surface area (Å²) in [6.45, 7) is 3.27. The molecule has 1 N–H and O–H groups in total. The summed E-state index contributed by atoms with van der Waals surface area (Å²) < 4.78 is 18.4. The highest BCUT2D eigenvalue weighted by atomic mass is 35.5. The number of benzene rings is 2. The third kappa shape index (κ3) is 3.71. The highest BCUT2D eigenvalue weighted by Crippen LogP contribution is 2.18. The van der Waals surface area contributed by atoms with Crippen molar-refractivity contribution in [3.05, 3.63) is 71.5 Å². The van der Waals surface area contributed by atoms with Crippen LogP contribution in [0.15, 0.2) is 54.6 Å². The van der Waals surface area contributed by atoms with Gasteiger partial charge in [-0.3, -0.25) is 0 Å². The first-order chi connectivity index (χ1) is 10.7. The first kappa shape index (κ1) is 17.4. The molecule has 0 bridgehead atoms. The van der Waals surface area contributed by atoms with Crippen LogP contribution in [-0.2, 0) is 9.53 Å². The van der Waals surface area contributed by atoms with Gasteiger partial charge in [0.15, 0.2) is 0 Å². The Hall–Kier alpha value is -1.91. The topological polar surface area (TPSA) is 30.7 Å². The molecular formula is C18H19ClFNO2. The number of hydrogen-bond acceptors (Lipinski definition) is 2. The maximum Gasteiger partial charge on any atom is 0.370 e. The summed E-state index contributed by atoms with van der Waals surface area (Å²) in [7, 11) is 0. The van der Waals surface area contributed by atoms with E-state index in [1.807, 2.05) is 18.2 Å². The number of cyclic esters (lactones) is 1.